The first-order valence-electron chi connectivity index (χ1n) is 5.27. The van der Waals surface area contributed by atoms with Crippen LogP contribution in [0.15, 0.2) is 18.2 Å². The Morgan fingerprint density at radius 2 is 2.21 bits per heavy atom. The highest BCUT2D eigenvalue weighted by Gasteiger charge is 2.17. The highest BCUT2D eigenvalue weighted by atomic mass is 19.1. The van der Waals surface area contributed by atoms with Gasteiger partial charge in [-0.3, -0.25) is 0 Å². The van der Waals surface area contributed by atoms with Gasteiger partial charge in [0.15, 0.2) is 0 Å². The summed E-state index contributed by atoms with van der Waals surface area (Å²) in [5.74, 6) is -0.0881. The zero-order valence-electron chi connectivity index (χ0n) is 8.52. The van der Waals surface area contributed by atoms with Gasteiger partial charge >= 0.3 is 0 Å². The lowest BCUT2D eigenvalue weighted by molar-refractivity contribution is 0.409. The van der Waals surface area contributed by atoms with Crippen LogP contribution < -0.4 is 5.32 Å². The molecule has 1 aliphatic rings. The second-order valence-corrected chi connectivity index (χ2v) is 3.96. The second-order valence-electron chi connectivity index (χ2n) is 3.96. The largest absolute Gasteiger partial charge is 0.310 e. The van der Waals surface area contributed by atoms with Gasteiger partial charge in [-0.1, -0.05) is 18.6 Å². The number of hydrogen-bond acceptors (Lipinski definition) is 1. The summed E-state index contributed by atoms with van der Waals surface area (Å²) in [6, 6.07) is 5.72. The number of halogens is 1. The average molecular weight is 193 g/mol. The van der Waals surface area contributed by atoms with E-state index < -0.39 is 0 Å². The van der Waals surface area contributed by atoms with E-state index in [1.54, 1.807) is 6.07 Å². The van der Waals surface area contributed by atoms with E-state index in [4.69, 9.17) is 0 Å². The Hall–Kier alpha value is -0.890. The van der Waals surface area contributed by atoms with Crippen LogP contribution in [0, 0.1) is 12.7 Å². The molecule has 1 aliphatic heterocycles. The normalized spacial score (nSPS) is 22.3. The maximum absolute atomic E-state index is 13.3. The zero-order chi connectivity index (χ0) is 9.97. The smallest absolute Gasteiger partial charge is 0.126 e. The molecule has 0 bridgehead atoms. The van der Waals surface area contributed by atoms with Gasteiger partial charge in [0.05, 0.1) is 0 Å². The van der Waals surface area contributed by atoms with E-state index in [1.165, 1.54) is 18.9 Å². The molecule has 1 nitrogen and oxygen atoms in total. The molecule has 2 heteroatoms. The molecule has 0 radical (unpaired) electrons. The van der Waals surface area contributed by atoms with E-state index in [0.29, 0.717) is 6.04 Å². The summed E-state index contributed by atoms with van der Waals surface area (Å²) in [7, 11) is 0. The van der Waals surface area contributed by atoms with E-state index >= 15 is 0 Å². The van der Waals surface area contributed by atoms with Crippen molar-refractivity contribution in [3.05, 3.63) is 35.1 Å². The Kier molecular flexibility index (Phi) is 2.82. The van der Waals surface area contributed by atoms with E-state index in [-0.39, 0.29) is 5.82 Å². The van der Waals surface area contributed by atoms with Crippen molar-refractivity contribution < 1.29 is 4.39 Å². The molecule has 1 aromatic carbocycles. The molecule has 1 atom stereocenters. The molecular weight excluding hydrogens is 177 g/mol. The van der Waals surface area contributed by atoms with Crippen molar-refractivity contribution in [2.75, 3.05) is 6.54 Å². The fraction of sp³-hybridized carbons (Fsp3) is 0.500. The molecule has 14 heavy (non-hydrogen) atoms. The number of benzene rings is 1. The third-order valence-corrected chi connectivity index (χ3v) is 3.00. The van der Waals surface area contributed by atoms with Crippen LogP contribution in [0.4, 0.5) is 4.39 Å². The highest BCUT2D eigenvalue weighted by molar-refractivity contribution is 5.30. The summed E-state index contributed by atoms with van der Waals surface area (Å²) >= 11 is 0. The monoisotopic (exact) mass is 193 g/mol. The van der Waals surface area contributed by atoms with Gasteiger partial charge in [-0.15, -0.1) is 0 Å². The lowest BCUT2D eigenvalue weighted by atomic mass is 9.94. The third kappa shape index (κ3) is 1.80. The zero-order valence-corrected chi connectivity index (χ0v) is 8.52. The predicted molar refractivity (Wildman–Crippen MR) is 55.7 cm³/mol. The van der Waals surface area contributed by atoms with Crippen LogP contribution in [-0.2, 0) is 0 Å². The molecule has 2 rings (SSSR count). The van der Waals surface area contributed by atoms with E-state index in [9.17, 15) is 4.39 Å². The van der Waals surface area contributed by atoms with Crippen LogP contribution in [0.3, 0.4) is 0 Å². The van der Waals surface area contributed by atoms with Crippen LogP contribution in [0.5, 0.6) is 0 Å². The van der Waals surface area contributed by atoms with Crippen LogP contribution in [0.1, 0.15) is 36.4 Å². The Morgan fingerprint density at radius 3 is 2.93 bits per heavy atom. The van der Waals surface area contributed by atoms with Crippen molar-refractivity contribution in [3.8, 4) is 0 Å². The number of hydrogen-bond donors (Lipinski definition) is 1. The van der Waals surface area contributed by atoms with Gasteiger partial charge < -0.3 is 5.32 Å². The summed E-state index contributed by atoms with van der Waals surface area (Å²) in [5.41, 5.74) is 1.93. The van der Waals surface area contributed by atoms with Gasteiger partial charge in [0.25, 0.3) is 0 Å². The third-order valence-electron chi connectivity index (χ3n) is 3.00. The number of rotatable bonds is 1. The molecule has 1 fully saturated rings. The lowest BCUT2D eigenvalue weighted by Gasteiger charge is -2.25. The molecule has 0 aromatic heterocycles. The SMILES string of the molecule is Cc1c(F)cccc1C1CCCCN1. The van der Waals surface area contributed by atoms with E-state index in [0.717, 1.165) is 24.1 Å². The Labute approximate surface area is 84.3 Å². The molecule has 0 amide bonds. The molecule has 76 valence electrons. The highest BCUT2D eigenvalue weighted by Crippen LogP contribution is 2.26. The molecule has 0 saturated carbocycles. The summed E-state index contributed by atoms with van der Waals surface area (Å²) in [6.07, 6.45) is 3.61. The molecule has 0 spiro atoms. The van der Waals surface area contributed by atoms with Crippen molar-refractivity contribution in [3.63, 3.8) is 0 Å². The summed E-state index contributed by atoms with van der Waals surface area (Å²) in [5, 5.41) is 3.44. The topological polar surface area (TPSA) is 12.0 Å². The van der Waals surface area contributed by atoms with Crippen LogP contribution in [0.2, 0.25) is 0 Å². The fourth-order valence-electron chi connectivity index (χ4n) is 2.12. The van der Waals surface area contributed by atoms with Crippen LogP contribution in [0.25, 0.3) is 0 Å². The summed E-state index contributed by atoms with van der Waals surface area (Å²) < 4.78 is 13.3. The Bertz CT molecular complexity index is 316. The Balaban J connectivity index is 2.26. The van der Waals surface area contributed by atoms with Gasteiger partial charge in [-0.05, 0) is 43.5 Å². The number of piperidine rings is 1. The van der Waals surface area contributed by atoms with Crippen molar-refractivity contribution in [2.24, 2.45) is 0 Å². The second kappa shape index (κ2) is 4.09. The van der Waals surface area contributed by atoms with Gasteiger partial charge in [0.2, 0.25) is 0 Å². The van der Waals surface area contributed by atoms with Gasteiger partial charge in [-0.2, -0.15) is 0 Å². The fourth-order valence-corrected chi connectivity index (χ4v) is 2.12. The van der Waals surface area contributed by atoms with Crippen molar-refractivity contribution in [1.29, 1.82) is 0 Å². The van der Waals surface area contributed by atoms with Gasteiger partial charge in [0, 0.05) is 6.04 Å². The van der Waals surface area contributed by atoms with Crippen LogP contribution >= 0.6 is 0 Å². The number of nitrogens with one attached hydrogen (secondary N) is 1. The molecule has 1 heterocycles. The molecule has 1 saturated heterocycles. The van der Waals surface area contributed by atoms with Crippen molar-refractivity contribution in [1.82, 2.24) is 5.32 Å². The lowest BCUT2D eigenvalue weighted by Crippen LogP contribution is -2.27. The van der Waals surface area contributed by atoms with Crippen molar-refractivity contribution >= 4 is 0 Å². The Morgan fingerprint density at radius 1 is 1.36 bits per heavy atom. The summed E-state index contributed by atoms with van der Waals surface area (Å²) in [6.45, 7) is 2.92. The molecule has 1 N–H and O–H groups in total. The first kappa shape index (κ1) is 9.66. The molecule has 0 aliphatic carbocycles. The quantitative estimate of drug-likeness (QED) is 0.723. The van der Waals surface area contributed by atoms with Crippen molar-refractivity contribution in [2.45, 2.75) is 32.2 Å². The minimum absolute atomic E-state index is 0.0881. The minimum atomic E-state index is -0.0881. The molecule has 1 aromatic rings. The van der Waals surface area contributed by atoms with E-state index in [2.05, 4.69) is 5.32 Å². The average Bonchev–Trinajstić information content (AvgIpc) is 2.23. The van der Waals surface area contributed by atoms with Crippen LogP contribution in [-0.4, -0.2) is 6.54 Å². The minimum Gasteiger partial charge on any atom is -0.310 e. The van der Waals surface area contributed by atoms with E-state index in [1.807, 2.05) is 13.0 Å². The first-order chi connectivity index (χ1) is 6.79. The van der Waals surface area contributed by atoms with Gasteiger partial charge in [-0.25, -0.2) is 4.39 Å². The standard InChI is InChI=1S/C12H16FN/c1-9-10(5-4-6-11(9)13)12-7-2-3-8-14-12/h4-6,12,14H,2-3,7-8H2,1H3. The summed E-state index contributed by atoms with van der Waals surface area (Å²) in [4.78, 5) is 0. The first-order valence-corrected chi connectivity index (χ1v) is 5.27. The maximum atomic E-state index is 13.3. The molecular formula is C12H16FN. The molecule has 1 unspecified atom stereocenters. The van der Waals surface area contributed by atoms with Gasteiger partial charge in [0.1, 0.15) is 5.82 Å². The predicted octanol–water partition coefficient (Wildman–Crippen LogP) is 2.95. The maximum Gasteiger partial charge on any atom is 0.126 e.